The van der Waals surface area contributed by atoms with E-state index in [2.05, 4.69) is 33.9 Å². The fraction of sp³-hybridized carbons (Fsp3) is 0.600. The van der Waals surface area contributed by atoms with E-state index in [1.807, 2.05) is 12.2 Å². The van der Waals surface area contributed by atoms with Gasteiger partial charge in [0, 0.05) is 0 Å². The molecule has 0 aromatic heterocycles. The molecular formula is C10H18. The summed E-state index contributed by atoms with van der Waals surface area (Å²) in [6.45, 7) is 14.1. The third kappa shape index (κ3) is 2.38. The molecule has 0 amide bonds. The van der Waals surface area contributed by atoms with Gasteiger partial charge in [-0.1, -0.05) is 32.9 Å². The van der Waals surface area contributed by atoms with E-state index in [0.717, 1.165) is 6.42 Å². The zero-order valence-electron chi connectivity index (χ0n) is 7.35. The van der Waals surface area contributed by atoms with Crippen LogP contribution in [0.1, 0.15) is 27.2 Å². The van der Waals surface area contributed by atoms with Crippen LogP contribution in [0.15, 0.2) is 25.3 Å². The maximum Gasteiger partial charge on any atom is -0.0149 e. The summed E-state index contributed by atoms with van der Waals surface area (Å²) in [5.41, 5.74) is 0.244. The van der Waals surface area contributed by atoms with Crippen molar-refractivity contribution in [3.05, 3.63) is 25.3 Å². The van der Waals surface area contributed by atoms with Crippen molar-refractivity contribution in [3.63, 3.8) is 0 Å². The largest absolute Gasteiger partial charge is 0.103 e. The van der Waals surface area contributed by atoms with Crippen LogP contribution in [0.25, 0.3) is 0 Å². The van der Waals surface area contributed by atoms with Gasteiger partial charge in [0.05, 0.1) is 0 Å². The lowest BCUT2D eigenvalue weighted by Gasteiger charge is -2.27. The molecule has 0 spiro atoms. The van der Waals surface area contributed by atoms with Gasteiger partial charge in [-0.2, -0.15) is 0 Å². The summed E-state index contributed by atoms with van der Waals surface area (Å²) in [6.07, 6.45) is 5.05. The Balaban J connectivity index is 4.02. The van der Waals surface area contributed by atoms with Crippen LogP contribution in [-0.2, 0) is 0 Å². The van der Waals surface area contributed by atoms with Crippen molar-refractivity contribution in [2.45, 2.75) is 27.2 Å². The van der Waals surface area contributed by atoms with Gasteiger partial charge in [0.25, 0.3) is 0 Å². The first kappa shape index (κ1) is 9.48. The minimum absolute atomic E-state index is 0.244. The van der Waals surface area contributed by atoms with Crippen LogP contribution in [-0.4, -0.2) is 0 Å². The predicted octanol–water partition coefficient (Wildman–Crippen LogP) is 3.41. The highest BCUT2D eigenvalue weighted by atomic mass is 14.2. The van der Waals surface area contributed by atoms with Crippen LogP contribution in [0.3, 0.4) is 0 Å². The highest BCUT2D eigenvalue weighted by molar-refractivity contribution is 4.93. The topological polar surface area (TPSA) is 0 Å². The lowest BCUT2D eigenvalue weighted by molar-refractivity contribution is 0.311. The fourth-order valence-corrected chi connectivity index (χ4v) is 0.755. The van der Waals surface area contributed by atoms with Crippen LogP contribution in [0, 0.1) is 11.3 Å². The Morgan fingerprint density at radius 3 is 2.20 bits per heavy atom. The third-order valence-electron chi connectivity index (χ3n) is 2.32. The first-order valence-corrected chi connectivity index (χ1v) is 3.79. The molecular weight excluding hydrogens is 120 g/mol. The Kier molecular flexibility index (Phi) is 3.41. The first-order chi connectivity index (χ1) is 4.54. The van der Waals surface area contributed by atoms with E-state index >= 15 is 0 Å². The Bertz CT molecular complexity index is 120. The minimum Gasteiger partial charge on any atom is -0.103 e. The van der Waals surface area contributed by atoms with Gasteiger partial charge >= 0.3 is 0 Å². The smallest absolute Gasteiger partial charge is 0.0149 e. The number of hydrogen-bond acceptors (Lipinski definition) is 0. The maximum absolute atomic E-state index is 3.80. The standard InChI is InChI=1S/C10H18/c1-6-8-9(3)10(4,5)7-2/h6-7,9H,1-2,8H2,3-5H3. The van der Waals surface area contributed by atoms with Gasteiger partial charge in [0.2, 0.25) is 0 Å². The predicted molar refractivity (Wildman–Crippen MR) is 48.0 cm³/mol. The highest BCUT2D eigenvalue weighted by Gasteiger charge is 2.20. The lowest BCUT2D eigenvalue weighted by Crippen LogP contribution is -2.17. The first-order valence-electron chi connectivity index (χ1n) is 3.79. The second-order valence-electron chi connectivity index (χ2n) is 3.45. The van der Waals surface area contributed by atoms with Crippen LogP contribution < -0.4 is 0 Å². The summed E-state index contributed by atoms with van der Waals surface area (Å²) in [6, 6.07) is 0. The molecule has 0 heterocycles. The molecule has 0 aromatic carbocycles. The minimum atomic E-state index is 0.244. The zero-order chi connectivity index (χ0) is 8.20. The summed E-state index contributed by atoms with van der Waals surface area (Å²) < 4.78 is 0. The summed E-state index contributed by atoms with van der Waals surface area (Å²) in [4.78, 5) is 0. The van der Waals surface area contributed by atoms with Gasteiger partial charge in [-0.05, 0) is 17.8 Å². The molecule has 0 N–H and O–H groups in total. The van der Waals surface area contributed by atoms with E-state index in [-0.39, 0.29) is 5.41 Å². The Labute approximate surface area is 64.6 Å². The zero-order valence-corrected chi connectivity index (χ0v) is 7.35. The van der Waals surface area contributed by atoms with E-state index in [0.29, 0.717) is 5.92 Å². The number of allylic oxidation sites excluding steroid dienone is 2. The van der Waals surface area contributed by atoms with Crippen LogP contribution in [0.4, 0.5) is 0 Å². The molecule has 0 aliphatic rings. The molecule has 1 atom stereocenters. The molecule has 0 nitrogen and oxygen atoms in total. The second kappa shape index (κ2) is 3.60. The average Bonchev–Trinajstić information content (AvgIpc) is 1.89. The van der Waals surface area contributed by atoms with E-state index in [9.17, 15) is 0 Å². The molecule has 0 saturated heterocycles. The molecule has 1 unspecified atom stereocenters. The normalized spacial score (nSPS) is 14.3. The molecule has 0 aliphatic heterocycles. The molecule has 0 heteroatoms. The van der Waals surface area contributed by atoms with Gasteiger partial charge in [0.1, 0.15) is 0 Å². The van der Waals surface area contributed by atoms with Crippen molar-refractivity contribution in [2.24, 2.45) is 11.3 Å². The van der Waals surface area contributed by atoms with Crippen molar-refractivity contribution >= 4 is 0 Å². The molecule has 0 saturated carbocycles. The SMILES string of the molecule is C=CCC(C)C(C)(C)C=C. The van der Waals surface area contributed by atoms with E-state index in [1.54, 1.807) is 0 Å². The Morgan fingerprint density at radius 1 is 1.40 bits per heavy atom. The van der Waals surface area contributed by atoms with E-state index < -0.39 is 0 Å². The van der Waals surface area contributed by atoms with Crippen molar-refractivity contribution < 1.29 is 0 Å². The molecule has 0 aromatic rings. The van der Waals surface area contributed by atoms with Gasteiger partial charge < -0.3 is 0 Å². The lowest BCUT2D eigenvalue weighted by atomic mass is 9.78. The molecule has 0 radical (unpaired) electrons. The molecule has 0 fully saturated rings. The average molecular weight is 138 g/mol. The van der Waals surface area contributed by atoms with Gasteiger partial charge in [-0.15, -0.1) is 13.2 Å². The van der Waals surface area contributed by atoms with E-state index in [1.165, 1.54) is 0 Å². The monoisotopic (exact) mass is 138 g/mol. The summed E-state index contributed by atoms with van der Waals surface area (Å²) in [5, 5.41) is 0. The number of rotatable bonds is 4. The highest BCUT2D eigenvalue weighted by Crippen LogP contribution is 2.29. The second-order valence-corrected chi connectivity index (χ2v) is 3.45. The van der Waals surface area contributed by atoms with Crippen molar-refractivity contribution in [1.82, 2.24) is 0 Å². The van der Waals surface area contributed by atoms with Gasteiger partial charge in [-0.25, -0.2) is 0 Å². The van der Waals surface area contributed by atoms with Crippen LogP contribution in [0.5, 0.6) is 0 Å². The maximum atomic E-state index is 3.80. The van der Waals surface area contributed by atoms with Gasteiger partial charge in [-0.3, -0.25) is 0 Å². The van der Waals surface area contributed by atoms with E-state index in [4.69, 9.17) is 0 Å². The molecule has 58 valence electrons. The van der Waals surface area contributed by atoms with Crippen molar-refractivity contribution in [1.29, 1.82) is 0 Å². The molecule has 0 rings (SSSR count). The quantitative estimate of drug-likeness (QED) is 0.522. The Morgan fingerprint density at radius 2 is 1.90 bits per heavy atom. The molecule has 10 heavy (non-hydrogen) atoms. The third-order valence-corrected chi connectivity index (χ3v) is 2.32. The Hall–Kier alpha value is -0.520. The summed E-state index contributed by atoms with van der Waals surface area (Å²) in [5.74, 6) is 0.641. The van der Waals surface area contributed by atoms with Crippen molar-refractivity contribution in [3.8, 4) is 0 Å². The number of hydrogen-bond donors (Lipinski definition) is 0. The summed E-state index contributed by atoms with van der Waals surface area (Å²) in [7, 11) is 0. The molecule has 0 bridgehead atoms. The summed E-state index contributed by atoms with van der Waals surface area (Å²) >= 11 is 0. The van der Waals surface area contributed by atoms with Crippen molar-refractivity contribution in [2.75, 3.05) is 0 Å². The van der Waals surface area contributed by atoms with Crippen LogP contribution in [0.2, 0.25) is 0 Å². The molecule has 0 aliphatic carbocycles. The fourth-order valence-electron chi connectivity index (χ4n) is 0.755. The van der Waals surface area contributed by atoms with Gasteiger partial charge in [0.15, 0.2) is 0 Å². The van der Waals surface area contributed by atoms with Crippen LogP contribution >= 0.6 is 0 Å².